The minimum absolute atomic E-state index is 0.0471. The predicted octanol–water partition coefficient (Wildman–Crippen LogP) is 1.94. The van der Waals surface area contributed by atoms with E-state index in [1.165, 1.54) is 11.0 Å². The molecular formula is C25H39N3O8. The Hall–Kier alpha value is -3.34. The molecule has 0 fully saturated rings. The number of amides is 3. The summed E-state index contributed by atoms with van der Waals surface area (Å²) in [6.45, 7) is 9.58. The van der Waals surface area contributed by atoms with Crippen LogP contribution in [0.4, 0.5) is 4.79 Å². The fourth-order valence-corrected chi connectivity index (χ4v) is 3.41. The van der Waals surface area contributed by atoms with Gasteiger partial charge in [0.1, 0.15) is 23.4 Å². The number of phenolic OH excluding ortho intramolecular Hbond substituents is 1. The second kappa shape index (κ2) is 14.3. The van der Waals surface area contributed by atoms with Crippen molar-refractivity contribution in [3.63, 3.8) is 0 Å². The summed E-state index contributed by atoms with van der Waals surface area (Å²) in [6.07, 6.45) is -0.539. The third-order valence-corrected chi connectivity index (χ3v) is 4.98. The van der Waals surface area contributed by atoms with Gasteiger partial charge in [0, 0.05) is 18.7 Å². The van der Waals surface area contributed by atoms with Crippen LogP contribution < -0.4 is 10.6 Å². The molecule has 11 heteroatoms. The van der Waals surface area contributed by atoms with E-state index in [1.54, 1.807) is 53.7 Å². The van der Waals surface area contributed by atoms with Crippen LogP contribution in [0, 0.1) is 6.92 Å². The Kier molecular flexibility index (Phi) is 12.2. The summed E-state index contributed by atoms with van der Waals surface area (Å²) in [4.78, 5) is 52.0. The van der Waals surface area contributed by atoms with Crippen LogP contribution in [0.2, 0.25) is 0 Å². The zero-order valence-electron chi connectivity index (χ0n) is 21.9. The molecule has 0 saturated carbocycles. The third kappa shape index (κ3) is 9.37. The summed E-state index contributed by atoms with van der Waals surface area (Å²) in [6, 6.07) is 2.12. The Morgan fingerprint density at radius 1 is 1.14 bits per heavy atom. The number of ether oxygens (including phenoxy) is 2. The minimum Gasteiger partial charge on any atom is -0.507 e. The number of alkyl carbamates (subject to hydrolysis) is 1. The van der Waals surface area contributed by atoms with Crippen molar-refractivity contribution >= 4 is 23.9 Å². The number of nitrogens with zero attached hydrogens (tertiary/aromatic N) is 1. The van der Waals surface area contributed by atoms with E-state index in [-0.39, 0.29) is 37.4 Å². The number of aliphatic hydroxyl groups excluding tert-OH is 1. The SMILES string of the molecule is CCCN(C(=O)C(CO)NC(=O)OC(C)(C)C)C(C(=O)NCCC(=O)OCC)c1cccc(C)c1O. The molecular weight excluding hydrogens is 470 g/mol. The lowest BCUT2D eigenvalue weighted by molar-refractivity contribution is -0.144. The number of hydrogen-bond donors (Lipinski definition) is 4. The zero-order valence-corrected chi connectivity index (χ0v) is 21.9. The van der Waals surface area contributed by atoms with Crippen LogP contribution in [-0.4, -0.2) is 76.9 Å². The van der Waals surface area contributed by atoms with Crippen molar-refractivity contribution < 1.29 is 38.9 Å². The maximum atomic E-state index is 13.5. The summed E-state index contributed by atoms with van der Waals surface area (Å²) in [5.41, 5.74) is -0.170. The highest BCUT2D eigenvalue weighted by Gasteiger charge is 2.37. The van der Waals surface area contributed by atoms with Crippen LogP contribution in [0.3, 0.4) is 0 Å². The van der Waals surface area contributed by atoms with Gasteiger partial charge in [-0.15, -0.1) is 0 Å². The van der Waals surface area contributed by atoms with Crippen molar-refractivity contribution in [1.82, 2.24) is 15.5 Å². The van der Waals surface area contributed by atoms with E-state index in [2.05, 4.69) is 10.6 Å². The topological polar surface area (TPSA) is 154 Å². The van der Waals surface area contributed by atoms with Gasteiger partial charge in [0.25, 0.3) is 0 Å². The molecule has 0 aromatic heterocycles. The van der Waals surface area contributed by atoms with Crippen molar-refractivity contribution in [1.29, 1.82) is 0 Å². The number of hydrogen-bond acceptors (Lipinski definition) is 8. The molecule has 2 unspecified atom stereocenters. The number of carbonyl (C=O) groups is 4. The van der Waals surface area contributed by atoms with Gasteiger partial charge in [0.15, 0.2) is 0 Å². The molecule has 1 aromatic carbocycles. The summed E-state index contributed by atoms with van der Waals surface area (Å²) < 4.78 is 10.1. The molecule has 0 aliphatic carbocycles. The standard InChI is InChI=1S/C25H39N3O8/c1-7-14-28(23(33)18(15-29)27-24(34)36-25(4,5)6)20(17-11-9-10-16(3)21(17)31)22(32)26-13-12-19(30)35-8-2/h9-11,18,20,29,31H,7-8,12-15H2,1-6H3,(H,26,32)(H,27,34). The van der Waals surface area contributed by atoms with Crippen LogP contribution in [0.5, 0.6) is 5.75 Å². The molecule has 3 amide bonds. The van der Waals surface area contributed by atoms with E-state index in [1.807, 2.05) is 0 Å². The number of aliphatic hydroxyl groups is 1. The molecule has 1 rings (SSSR count). The molecule has 2 atom stereocenters. The summed E-state index contributed by atoms with van der Waals surface area (Å²) >= 11 is 0. The van der Waals surface area contributed by atoms with Gasteiger partial charge in [0.2, 0.25) is 11.8 Å². The van der Waals surface area contributed by atoms with E-state index in [0.29, 0.717) is 12.0 Å². The van der Waals surface area contributed by atoms with E-state index in [9.17, 15) is 29.4 Å². The van der Waals surface area contributed by atoms with Crippen LogP contribution in [0.15, 0.2) is 18.2 Å². The average Bonchev–Trinajstić information content (AvgIpc) is 2.78. The van der Waals surface area contributed by atoms with Crippen LogP contribution in [-0.2, 0) is 23.9 Å². The first-order chi connectivity index (χ1) is 16.9. The monoisotopic (exact) mass is 509 g/mol. The fraction of sp³-hybridized carbons (Fsp3) is 0.600. The Morgan fingerprint density at radius 2 is 1.81 bits per heavy atom. The lowest BCUT2D eigenvalue weighted by Crippen LogP contribution is -2.54. The molecule has 4 N–H and O–H groups in total. The summed E-state index contributed by atoms with van der Waals surface area (Å²) in [7, 11) is 0. The normalized spacial score (nSPS) is 12.8. The Balaban J connectivity index is 3.33. The number of para-hydroxylation sites is 1. The predicted molar refractivity (Wildman–Crippen MR) is 132 cm³/mol. The maximum absolute atomic E-state index is 13.5. The van der Waals surface area contributed by atoms with Crippen molar-refractivity contribution in [3.8, 4) is 5.75 Å². The molecule has 1 aromatic rings. The van der Waals surface area contributed by atoms with Gasteiger partial charge < -0.3 is 35.2 Å². The summed E-state index contributed by atoms with van der Waals surface area (Å²) in [5, 5.41) is 25.6. The van der Waals surface area contributed by atoms with Crippen LogP contribution in [0.25, 0.3) is 0 Å². The van der Waals surface area contributed by atoms with Crippen molar-refractivity contribution in [2.75, 3.05) is 26.3 Å². The van der Waals surface area contributed by atoms with E-state index < -0.39 is 48.2 Å². The van der Waals surface area contributed by atoms with Gasteiger partial charge in [0.05, 0.1) is 19.6 Å². The number of aromatic hydroxyl groups is 1. The van der Waals surface area contributed by atoms with Crippen molar-refractivity contribution in [2.45, 2.75) is 72.1 Å². The highest BCUT2D eigenvalue weighted by atomic mass is 16.6. The molecule has 11 nitrogen and oxygen atoms in total. The number of benzene rings is 1. The van der Waals surface area contributed by atoms with Gasteiger partial charge in [-0.05, 0) is 46.6 Å². The number of aryl methyl sites for hydroxylation is 1. The maximum Gasteiger partial charge on any atom is 0.408 e. The third-order valence-electron chi connectivity index (χ3n) is 4.98. The second-order valence-electron chi connectivity index (χ2n) is 9.17. The molecule has 0 aliphatic heterocycles. The molecule has 0 bridgehead atoms. The number of phenols is 1. The molecule has 202 valence electrons. The molecule has 0 saturated heterocycles. The minimum atomic E-state index is -1.40. The highest BCUT2D eigenvalue weighted by Crippen LogP contribution is 2.32. The fourth-order valence-electron chi connectivity index (χ4n) is 3.41. The first kappa shape index (κ1) is 30.7. The lowest BCUT2D eigenvalue weighted by atomic mass is 9.99. The lowest BCUT2D eigenvalue weighted by Gasteiger charge is -2.34. The quantitative estimate of drug-likeness (QED) is 0.312. The van der Waals surface area contributed by atoms with Gasteiger partial charge in [-0.3, -0.25) is 14.4 Å². The molecule has 36 heavy (non-hydrogen) atoms. The average molecular weight is 510 g/mol. The van der Waals surface area contributed by atoms with E-state index >= 15 is 0 Å². The van der Waals surface area contributed by atoms with Gasteiger partial charge >= 0.3 is 12.1 Å². The van der Waals surface area contributed by atoms with E-state index in [4.69, 9.17) is 9.47 Å². The Labute approximate surface area is 212 Å². The van der Waals surface area contributed by atoms with Crippen LogP contribution in [0.1, 0.15) is 64.6 Å². The van der Waals surface area contributed by atoms with E-state index in [0.717, 1.165) is 0 Å². The number of esters is 1. The zero-order chi connectivity index (χ0) is 27.5. The van der Waals surface area contributed by atoms with Gasteiger partial charge in [-0.1, -0.05) is 25.1 Å². The second-order valence-corrected chi connectivity index (χ2v) is 9.17. The Morgan fingerprint density at radius 3 is 2.36 bits per heavy atom. The molecule has 0 aliphatic rings. The van der Waals surface area contributed by atoms with Crippen molar-refractivity contribution in [2.24, 2.45) is 0 Å². The summed E-state index contributed by atoms with van der Waals surface area (Å²) in [5.74, 6) is -2.04. The molecule has 0 spiro atoms. The van der Waals surface area contributed by atoms with Gasteiger partial charge in [-0.25, -0.2) is 4.79 Å². The largest absolute Gasteiger partial charge is 0.507 e. The first-order valence-electron chi connectivity index (χ1n) is 12.0. The Bertz CT molecular complexity index is 913. The first-order valence-corrected chi connectivity index (χ1v) is 12.0. The highest BCUT2D eigenvalue weighted by molar-refractivity contribution is 5.92. The molecule has 0 radical (unpaired) electrons. The van der Waals surface area contributed by atoms with Gasteiger partial charge in [-0.2, -0.15) is 0 Å². The van der Waals surface area contributed by atoms with Crippen LogP contribution >= 0.6 is 0 Å². The number of nitrogens with one attached hydrogen (secondary N) is 2. The van der Waals surface area contributed by atoms with Crippen molar-refractivity contribution in [3.05, 3.63) is 29.3 Å². The number of rotatable bonds is 12. The smallest absolute Gasteiger partial charge is 0.408 e. The molecule has 0 heterocycles. The number of carbonyl (C=O) groups excluding carboxylic acids is 4.